The van der Waals surface area contributed by atoms with Gasteiger partial charge >= 0.3 is 5.97 Å². The number of benzene rings is 1. The van der Waals surface area contributed by atoms with Crippen LogP contribution < -0.4 is 10.1 Å². The Bertz CT molecular complexity index is 904. The maximum absolute atomic E-state index is 12.4. The summed E-state index contributed by atoms with van der Waals surface area (Å²) in [6, 6.07) is 4.70. The molecule has 0 aliphatic carbocycles. The van der Waals surface area contributed by atoms with Gasteiger partial charge in [-0.2, -0.15) is 0 Å². The molecule has 2 aromatic rings. The summed E-state index contributed by atoms with van der Waals surface area (Å²) in [6.07, 6.45) is 0.472. The van der Waals surface area contributed by atoms with Crippen molar-refractivity contribution in [2.24, 2.45) is 7.05 Å². The van der Waals surface area contributed by atoms with Crippen molar-refractivity contribution in [1.82, 2.24) is 4.57 Å². The van der Waals surface area contributed by atoms with Crippen molar-refractivity contribution >= 4 is 34.9 Å². The minimum atomic E-state index is -1.06. The summed E-state index contributed by atoms with van der Waals surface area (Å²) in [7, 11) is 3.08. The normalized spacial score (nSPS) is 11.6. The number of carbonyl (C=O) groups is 3. The number of Topliss-reactive ketones (excluding diaryl/α,β-unsaturated/α-hetero) is 1. The van der Waals surface area contributed by atoms with Crippen LogP contribution in [0.5, 0.6) is 5.75 Å². The molecule has 1 aromatic heterocycles. The Morgan fingerprint density at radius 2 is 1.89 bits per heavy atom. The molecule has 1 N–H and O–H groups in total. The van der Waals surface area contributed by atoms with Crippen molar-refractivity contribution < 1.29 is 23.9 Å². The Hall–Kier alpha value is -2.80. The second-order valence-electron chi connectivity index (χ2n) is 6.12. The van der Waals surface area contributed by atoms with Crippen LogP contribution in [-0.2, 0) is 16.6 Å². The van der Waals surface area contributed by atoms with E-state index in [0.717, 1.165) is 5.56 Å². The second kappa shape index (κ2) is 8.26. The topological polar surface area (TPSA) is 86.6 Å². The third kappa shape index (κ3) is 4.68. The van der Waals surface area contributed by atoms with Crippen LogP contribution in [0.2, 0.25) is 5.02 Å². The van der Waals surface area contributed by atoms with Gasteiger partial charge in [0.15, 0.2) is 11.9 Å². The highest BCUT2D eigenvalue weighted by atomic mass is 35.5. The van der Waals surface area contributed by atoms with Crippen LogP contribution in [0, 0.1) is 6.92 Å². The number of methoxy groups -OCH3 is 1. The molecule has 1 heterocycles. The smallest absolute Gasteiger partial charge is 0.355 e. The van der Waals surface area contributed by atoms with Gasteiger partial charge in [-0.05, 0) is 38.5 Å². The lowest BCUT2D eigenvalue weighted by molar-refractivity contribution is -0.123. The van der Waals surface area contributed by atoms with Crippen molar-refractivity contribution in [1.29, 1.82) is 0 Å². The zero-order valence-corrected chi connectivity index (χ0v) is 16.5. The maximum atomic E-state index is 12.4. The van der Waals surface area contributed by atoms with Gasteiger partial charge in [-0.25, -0.2) is 4.79 Å². The van der Waals surface area contributed by atoms with Gasteiger partial charge in [0.25, 0.3) is 5.91 Å². The van der Waals surface area contributed by atoms with Crippen LogP contribution in [-0.4, -0.2) is 35.4 Å². The van der Waals surface area contributed by atoms with E-state index in [0.29, 0.717) is 22.0 Å². The van der Waals surface area contributed by atoms with Crippen molar-refractivity contribution in [3.63, 3.8) is 0 Å². The summed E-state index contributed by atoms with van der Waals surface area (Å²) in [5, 5.41) is 3.17. The third-order valence-electron chi connectivity index (χ3n) is 4.01. The predicted octanol–water partition coefficient (Wildman–Crippen LogP) is 3.38. The molecule has 2 rings (SSSR count). The fourth-order valence-electron chi connectivity index (χ4n) is 2.40. The maximum Gasteiger partial charge on any atom is 0.355 e. The molecular formula is C19H21ClN2O5. The van der Waals surface area contributed by atoms with Gasteiger partial charge in [0, 0.05) is 29.9 Å². The van der Waals surface area contributed by atoms with E-state index in [1.165, 1.54) is 37.8 Å². The highest BCUT2D eigenvalue weighted by Crippen LogP contribution is 2.31. The molecule has 1 amide bonds. The first-order chi connectivity index (χ1) is 12.6. The second-order valence-corrected chi connectivity index (χ2v) is 6.53. The van der Waals surface area contributed by atoms with E-state index in [9.17, 15) is 14.4 Å². The molecule has 0 saturated heterocycles. The van der Waals surface area contributed by atoms with E-state index in [4.69, 9.17) is 21.1 Å². The standard InChI is InChI=1S/C19H21ClN2O5/c1-10-6-15(17(26-5)8-14(10)20)21-18(24)12(3)27-19(25)16-7-13(11(2)23)9-22(16)4/h6-9,12H,1-5H3,(H,21,24)/t12-/m1/s1. The zero-order valence-electron chi connectivity index (χ0n) is 15.8. The van der Waals surface area contributed by atoms with Gasteiger partial charge in [-0.1, -0.05) is 11.6 Å². The number of halogens is 1. The quantitative estimate of drug-likeness (QED) is 0.601. The number of hydrogen-bond acceptors (Lipinski definition) is 5. The van der Waals surface area contributed by atoms with Crippen LogP contribution in [0.25, 0.3) is 0 Å². The summed E-state index contributed by atoms with van der Waals surface area (Å²) in [5.41, 5.74) is 1.76. The Kier molecular flexibility index (Phi) is 6.28. The van der Waals surface area contributed by atoms with Gasteiger partial charge in [-0.15, -0.1) is 0 Å². The van der Waals surface area contributed by atoms with E-state index >= 15 is 0 Å². The fourth-order valence-corrected chi connectivity index (χ4v) is 2.55. The molecule has 1 aromatic carbocycles. The Labute approximate surface area is 162 Å². The van der Waals surface area contributed by atoms with E-state index in [1.807, 2.05) is 0 Å². The highest BCUT2D eigenvalue weighted by Gasteiger charge is 2.23. The van der Waals surface area contributed by atoms with Gasteiger partial charge in [0.05, 0.1) is 12.8 Å². The minimum Gasteiger partial charge on any atom is -0.495 e. The van der Waals surface area contributed by atoms with E-state index in [1.54, 1.807) is 26.1 Å². The first kappa shape index (κ1) is 20.5. The zero-order chi connectivity index (χ0) is 20.3. The van der Waals surface area contributed by atoms with Gasteiger partial charge in [0.2, 0.25) is 0 Å². The van der Waals surface area contributed by atoms with E-state index < -0.39 is 18.0 Å². The van der Waals surface area contributed by atoms with Crippen LogP contribution in [0.3, 0.4) is 0 Å². The third-order valence-corrected chi connectivity index (χ3v) is 4.42. The molecule has 27 heavy (non-hydrogen) atoms. The summed E-state index contributed by atoms with van der Waals surface area (Å²) in [6.45, 7) is 4.65. The largest absolute Gasteiger partial charge is 0.495 e. The Morgan fingerprint density at radius 1 is 1.22 bits per heavy atom. The molecule has 0 aliphatic rings. The highest BCUT2D eigenvalue weighted by molar-refractivity contribution is 6.31. The molecule has 144 valence electrons. The van der Waals surface area contributed by atoms with E-state index in [-0.39, 0.29) is 11.5 Å². The van der Waals surface area contributed by atoms with Crippen LogP contribution >= 0.6 is 11.6 Å². The number of carbonyl (C=O) groups excluding carboxylic acids is 3. The minimum absolute atomic E-state index is 0.166. The van der Waals surface area contributed by atoms with Gasteiger partial charge < -0.3 is 19.4 Å². The summed E-state index contributed by atoms with van der Waals surface area (Å²) < 4.78 is 11.9. The van der Waals surface area contributed by atoms with Crippen LogP contribution in [0.15, 0.2) is 24.4 Å². The van der Waals surface area contributed by atoms with Crippen molar-refractivity contribution in [2.75, 3.05) is 12.4 Å². The molecule has 0 aliphatic heterocycles. The lowest BCUT2D eigenvalue weighted by Gasteiger charge is -2.16. The number of aromatic nitrogens is 1. The molecule has 7 nitrogen and oxygen atoms in total. The monoisotopic (exact) mass is 392 g/mol. The lowest BCUT2D eigenvalue weighted by Crippen LogP contribution is -2.30. The number of esters is 1. The lowest BCUT2D eigenvalue weighted by atomic mass is 10.2. The fraction of sp³-hybridized carbons (Fsp3) is 0.316. The number of nitrogens with zero attached hydrogens (tertiary/aromatic N) is 1. The summed E-state index contributed by atoms with van der Waals surface area (Å²) in [4.78, 5) is 36.1. The molecular weight excluding hydrogens is 372 g/mol. The van der Waals surface area contributed by atoms with E-state index in [2.05, 4.69) is 5.32 Å². The number of aryl methyl sites for hydroxylation is 2. The van der Waals surface area contributed by atoms with Gasteiger partial charge in [0.1, 0.15) is 11.4 Å². The summed E-state index contributed by atoms with van der Waals surface area (Å²) in [5.74, 6) is -0.997. The molecule has 0 fully saturated rings. The first-order valence-corrected chi connectivity index (χ1v) is 8.55. The van der Waals surface area contributed by atoms with Crippen LogP contribution in [0.1, 0.15) is 40.3 Å². The number of nitrogens with one attached hydrogen (secondary N) is 1. The first-order valence-electron chi connectivity index (χ1n) is 8.17. The van der Waals surface area contributed by atoms with Crippen molar-refractivity contribution in [3.8, 4) is 5.75 Å². The van der Waals surface area contributed by atoms with Crippen molar-refractivity contribution in [2.45, 2.75) is 26.9 Å². The molecule has 0 saturated carbocycles. The molecule has 0 radical (unpaired) electrons. The average molecular weight is 393 g/mol. The number of hydrogen-bond donors (Lipinski definition) is 1. The molecule has 8 heteroatoms. The molecule has 1 atom stereocenters. The molecule has 0 spiro atoms. The van der Waals surface area contributed by atoms with Crippen LogP contribution in [0.4, 0.5) is 5.69 Å². The Morgan fingerprint density at radius 3 is 2.44 bits per heavy atom. The Balaban J connectivity index is 2.11. The number of ketones is 1. The predicted molar refractivity (Wildman–Crippen MR) is 102 cm³/mol. The summed E-state index contributed by atoms with van der Waals surface area (Å²) >= 11 is 6.05. The number of ether oxygens (including phenoxy) is 2. The number of rotatable bonds is 6. The van der Waals surface area contributed by atoms with Crippen molar-refractivity contribution in [3.05, 3.63) is 46.2 Å². The SMILES string of the molecule is COc1cc(Cl)c(C)cc1NC(=O)[C@@H](C)OC(=O)c1cc(C(C)=O)cn1C. The number of anilines is 1. The molecule has 0 bridgehead atoms. The van der Waals surface area contributed by atoms with Gasteiger partial charge in [-0.3, -0.25) is 9.59 Å². The average Bonchev–Trinajstić information content (AvgIpc) is 3.00. The molecule has 0 unspecified atom stereocenters. The number of amides is 1.